The summed E-state index contributed by atoms with van der Waals surface area (Å²) in [5, 5.41) is 2.39. The molecule has 6 nitrogen and oxygen atoms in total. The van der Waals surface area contributed by atoms with Gasteiger partial charge in [-0.3, -0.25) is 9.55 Å². The molecular weight excluding hydrogens is 566 g/mol. The number of pyridine rings is 2. The minimum absolute atomic E-state index is 0.0228. The van der Waals surface area contributed by atoms with Crippen LogP contribution in [0.2, 0.25) is 0 Å². The molecule has 3 aliphatic rings. The van der Waals surface area contributed by atoms with Crippen LogP contribution in [-0.2, 0) is 5.41 Å². The van der Waals surface area contributed by atoms with E-state index in [-0.39, 0.29) is 5.41 Å². The fraction of sp³-hybridized carbons (Fsp3) is 0.300. The Morgan fingerprint density at radius 2 is 1.61 bits per heavy atom. The predicted molar refractivity (Wildman–Crippen MR) is 187 cm³/mol. The Morgan fingerprint density at radius 3 is 2.43 bits per heavy atom. The van der Waals surface area contributed by atoms with Gasteiger partial charge in [-0.1, -0.05) is 45.0 Å². The van der Waals surface area contributed by atoms with E-state index in [1.165, 1.54) is 59.8 Å². The fourth-order valence-corrected chi connectivity index (χ4v) is 8.39. The smallest absolute Gasteiger partial charge is 0.137 e. The number of hydrogen-bond acceptors (Lipinski definition) is 5. The van der Waals surface area contributed by atoms with Crippen molar-refractivity contribution < 1.29 is 4.74 Å². The number of fused-ring (bicyclic) bond motifs is 6. The third kappa shape index (κ3) is 4.30. The van der Waals surface area contributed by atoms with Crippen LogP contribution >= 0.6 is 0 Å². The Kier molecular flexibility index (Phi) is 6.02. The molecule has 0 spiro atoms. The summed E-state index contributed by atoms with van der Waals surface area (Å²) < 4.78 is 8.89. The van der Waals surface area contributed by atoms with Gasteiger partial charge in [0.25, 0.3) is 0 Å². The van der Waals surface area contributed by atoms with Crippen molar-refractivity contribution in [3.63, 3.8) is 0 Å². The standard InChI is InChI=1S/C40H39N5O/c1-39(2,3)28-15-20-42-38(21-28)45-34-10-5-4-9-32(34)33-12-11-31(23-36(33)45)46-30-8-6-7-29(22-30)43-26-44(35-16-19-41-25-37(35)43)40-17-13-27(24-40)14-18-40/h4-12,15-16,19-23,25,27H,13-14,17-18,24,26H2,1-3H3. The summed E-state index contributed by atoms with van der Waals surface area (Å²) in [6, 6.07) is 30.0. The molecule has 2 fully saturated rings. The lowest BCUT2D eigenvalue weighted by Crippen LogP contribution is -2.46. The molecule has 0 N–H and O–H groups in total. The van der Waals surface area contributed by atoms with Gasteiger partial charge >= 0.3 is 0 Å². The number of ether oxygens (including phenoxy) is 1. The maximum absolute atomic E-state index is 6.62. The van der Waals surface area contributed by atoms with Gasteiger partial charge in [-0.15, -0.1) is 0 Å². The van der Waals surface area contributed by atoms with Gasteiger partial charge < -0.3 is 14.5 Å². The Balaban J connectivity index is 1.08. The highest BCUT2D eigenvalue weighted by molar-refractivity contribution is 6.09. The van der Waals surface area contributed by atoms with Crippen molar-refractivity contribution in [3.8, 4) is 17.3 Å². The number of hydrogen-bond donors (Lipinski definition) is 0. The normalized spacial score (nSPS) is 20.6. The molecular formula is C40H39N5O. The summed E-state index contributed by atoms with van der Waals surface area (Å²) in [5.41, 5.74) is 7.40. The average Bonchev–Trinajstić information content (AvgIpc) is 3.85. The topological polar surface area (TPSA) is 46.4 Å². The van der Waals surface area contributed by atoms with E-state index in [1.807, 2.05) is 24.7 Å². The van der Waals surface area contributed by atoms with E-state index in [4.69, 9.17) is 9.72 Å². The molecule has 6 heteroatoms. The third-order valence-electron chi connectivity index (χ3n) is 10.8. The van der Waals surface area contributed by atoms with Crippen LogP contribution in [0.5, 0.6) is 11.5 Å². The van der Waals surface area contributed by atoms with Crippen molar-refractivity contribution in [3.05, 3.63) is 109 Å². The predicted octanol–water partition coefficient (Wildman–Crippen LogP) is 9.91. The van der Waals surface area contributed by atoms with Crippen molar-refractivity contribution in [2.45, 2.75) is 63.8 Å². The second-order valence-electron chi connectivity index (χ2n) is 14.5. The molecule has 46 heavy (non-hydrogen) atoms. The first-order valence-corrected chi connectivity index (χ1v) is 16.6. The van der Waals surface area contributed by atoms with E-state index in [0.29, 0.717) is 5.54 Å². The summed E-state index contributed by atoms with van der Waals surface area (Å²) in [6.45, 7) is 7.58. The van der Waals surface area contributed by atoms with Crippen LogP contribution in [0.3, 0.4) is 0 Å². The van der Waals surface area contributed by atoms with Crippen molar-refractivity contribution in [2.24, 2.45) is 5.92 Å². The molecule has 6 aromatic rings. The van der Waals surface area contributed by atoms with E-state index in [0.717, 1.165) is 46.6 Å². The molecule has 230 valence electrons. The van der Waals surface area contributed by atoms with E-state index < -0.39 is 0 Å². The average molecular weight is 606 g/mol. The summed E-state index contributed by atoms with van der Waals surface area (Å²) in [6.07, 6.45) is 12.5. The number of benzene rings is 3. The zero-order valence-corrected chi connectivity index (χ0v) is 26.8. The number of rotatable bonds is 5. The molecule has 2 bridgehead atoms. The second kappa shape index (κ2) is 10.1. The summed E-state index contributed by atoms with van der Waals surface area (Å²) in [5.74, 6) is 3.42. The molecule has 0 atom stereocenters. The van der Waals surface area contributed by atoms with Crippen molar-refractivity contribution >= 4 is 38.9 Å². The SMILES string of the molecule is CC(C)(C)c1ccnc(-n2c3ccccc3c3ccc(Oc4cccc(N5CN(C67CCC(CC6)C7)c6ccncc65)c4)cc32)c1. The van der Waals surface area contributed by atoms with Gasteiger partial charge in [-0.25, -0.2) is 4.98 Å². The molecule has 4 heterocycles. The number of aromatic nitrogens is 3. The van der Waals surface area contributed by atoms with E-state index in [9.17, 15) is 0 Å². The molecule has 2 saturated carbocycles. The molecule has 0 radical (unpaired) electrons. The molecule has 0 saturated heterocycles. The van der Waals surface area contributed by atoms with Crippen LogP contribution in [0.25, 0.3) is 27.6 Å². The highest BCUT2D eigenvalue weighted by Crippen LogP contribution is 2.56. The molecule has 3 aromatic carbocycles. The highest BCUT2D eigenvalue weighted by Gasteiger charge is 2.51. The molecule has 0 unspecified atom stereocenters. The Morgan fingerprint density at radius 1 is 0.783 bits per heavy atom. The van der Waals surface area contributed by atoms with Gasteiger partial charge in [0.1, 0.15) is 17.3 Å². The second-order valence-corrected chi connectivity index (χ2v) is 14.5. The zero-order valence-electron chi connectivity index (χ0n) is 26.8. The number of anilines is 3. The number of para-hydroxylation sites is 1. The van der Waals surface area contributed by atoms with Crippen LogP contribution in [0.4, 0.5) is 17.1 Å². The van der Waals surface area contributed by atoms with Gasteiger partial charge in [0, 0.05) is 46.5 Å². The quantitative estimate of drug-likeness (QED) is 0.196. The Bertz CT molecular complexity index is 2120. The van der Waals surface area contributed by atoms with Crippen LogP contribution < -0.4 is 14.5 Å². The van der Waals surface area contributed by atoms with Gasteiger partial charge in [-0.2, -0.15) is 0 Å². The zero-order chi connectivity index (χ0) is 31.0. The lowest BCUT2D eigenvalue weighted by atomic mass is 9.88. The van der Waals surface area contributed by atoms with Gasteiger partial charge in [-0.05, 0) is 97.5 Å². The first-order valence-electron chi connectivity index (χ1n) is 16.6. The van der Waals surface area contributed by atoms with Gasteiger partial charge in [0.05, 0.1) is 35.3 Å². The minimum Gasteiger partial charge on any atom is -0.457 e. The van der Waals surface area contributed by atoms with Gasteiger partial charge in [0.15, 0.2) is 0 Å². The maximum Gasteiger partial charge on any atom is 0.137 e. The minimum atomic E-state index is 0.0228. The Hall–Kier alpha value is -4.84. The third-order valence-corrected chi connectivity index (χ3v) is 10.8. The lowest BCUT2D eigenvalue weighted by molar-refractivity contribution is 0.390. The van der Waals surface area contributed by atoms with Gasteiger partial charge in [0.2, 0.25) is 0 Å². The lowest BCUT2D eigenvalue weighted by Gasteiger charge is -2.39. The number of nitrogens with zero attached hydrogens (tertiary/aromatic N) is 5. The first kappa shape index (κ1) is 27.5. The molecule has 9 rings (SSSR count). The molecule has 3 aromatic heterocycles. The maximum atomic E-state index is 6.62. The van der Waals surface area contributed by atoms with Crippen LogP contribution in [0.1, 0.15) is 58.4 Å². The molecule has 1 aliphatic heterocycles. The van der Waals surface area contributed by atoms with Crippen molar-refractivity contribution in [2.75, 3.05) is 16.5 Å². The summed E-state index contributed by atoms with van der Waals surface area (Å²) in [4.78, 5) is 14.5. The van der Waals surface area contributed by atoms with Crippen LogP contribution in [0, 0.1) is 5.92 Å². The van der Waals surface area contributed by atoms with Crippen LogP contribution in [-0.4, -0.2) is 26.7 Å². The van der Waals surface area contributed by atoms with E-state index >= 15 is 0 Å². The molecule has 0 amide bonds. The monoisotopic (exact) mass is 605 g/mol. The fourth-order valence-electron chi connectivity index (χ4n) is 8.39. The largest absolute Gasteiger partial charge is 0.457 e. The molecule has 2 aliphatic carbocycles. The Labute approximate surface area is 270 Å². The summed E-state index contributed by atoms with van der Waals surface area (Å²) >= 11 is 0. The van der Waals surface area contributed by atoms with E-state index in [2.05, 4.69) is 119 Å². The first-order chi connectivity index (χ1) is 22.4. The summed E-state index contributed by atoms with van der Waals surface area (Å²) in [7, 11) is 0. The highest BCUT2D eigenvalue weighted by atomic mass is 16.5. The van der Waals surface area contributed by atoms with Crippen molar-refractivity contribution in [1.29, 1.82) is 0 Å². The van der Waals surface area contributed by atoms with Crippen molar-refractivity contribution in [1.82, 2.24) is 14.5 Å². The van der Waals surface area contributed by atoms with E-state index in [1.54, 1.807) is 0 Å². The van der Waals surface area contributed by atoms with Crippen LogP contribution in [0.15, 0.2) is 104 Å².